The fourth-order valence-corrected chi connectivity index (χ4v) is 3.47. The van der Waals surface area contributed by atoms with Gasteiger partial charge in [-0.15, -0.1) is 0 Å². The topological polar surface area (TPSA) is 123 Å². The Hall–Kier alpha value is -2.75. The fourth-order valence-electron chi connectivity index (χ4n) is 2.95. The van der Waals surface area contributed by atoms with E-state index in [1.165, 1.54) is 24.1 Å². The van der Waals surface area contributed by atoms with Gasteiger partial charge in [0.25, 0.3) is 5.91 Å². The van der Waals surface area contributed by atoms with Crippen molar-refractivity contribution in [3.05, 3.63) is 54.1 Å². The average Bonchev–Trinajstić information content (AvgIpc) is 2.93. The van der Waals surface area contributed by atoms with E-state index >= 15 is 0 Å². The number of anilines is 1. The number of carbonyl (C=O) groups excluding carboxylic acids is 2. The zero-order valence-electron chi connectivity index (χ0n) is 14.7. The molecular formula is C18H20N3O5S+. The Balaban J connectivity index is 1.68. The van der Waals surface area contributed by atoms with Crippen LogP contribution in [-0.2, 0) is 26.2 Å². The van der Waals surface area contributed by atoms with Gasteiger partial charge in [-0.3, -0.25) is 9.59 Å². The number of hydrogen-bond acceptors (Lipinski definition) is 5. The minimum Gasteiger partial charge on any atom is -0.497 e. The monoisotopic (exact) mass is 390 g/mol. The van der Waals surface area contributed by atoms with E-state index in [-0.39, 0.29) is 23.1 Å². The van der Waals surface area contributed by atoms with E-state index in [4.69, 9.17) is 9.88 Å². The molecule has 2 aromatic rings. The number of methoxy groups -OCH3 is 1. The zero-order chi connectivity index (χ0) is 19.6. The van der Waals surface area contributed by atoms with Crippen molar-refractivity contribution in [2.24, 2.45) is 5.14 Å². The third kappa shape index (κ3) is 4.16. The minimum absolute atomic E-state index is 0.0302. The van der Waals surface area contributed by atoms with E-state index in [1.807, 2.05) is 0 Å². The highest BCUT2D eigenvalue weighted by molar-refractivity contribution is 7.89. The van der Waals surface area contributed by atoms with Crippen LogP contribution in [0.2, 0.25) is 0 Å². The highest BCUT2D eigenvalue weighted by atomic mass is 32.2. The number of nitrogens with two attached hydrogens (primary N) is 2. The molecule has 142 valence electrons. The van der Waals surface area contributed by atoms with E-state index < -0.39 is 16.1 Å². The fraction of sp³-hybridized carbons (Fsp3) is 0.222. The van der Waals surface area contributed by atoms with Crippen LogP contribution in [-0.4, -0.2) is 33.4 Å². The van der Waals surface area contributed by atoms with Crippen LogP contribution in [0.3, 0.4) is 0 Å². The predicted molar refractivity (Wildman–Crippen MR) is 97.3 cm³/mol. The maximum atomic E-state index is 12.7. The number of ether oxygens (including phenoxy) is 1. The number of hydrogen-bond donors (Lipinski definition) is 2. The summed E-state index contributed by atoms with van der Waals surface area (Å²) in [6, 6.07) is 12.4. The van der Waals surface area contributed by atoms with Crippen LogP contribution in [0.5, 0.6) is 5.75 Å². The molecule has 0 spiro atoms. The lowest BCUT2D eigenvalue weighted by molar-refractivity contribution is -0.690. The summed E-state index contributed by atoms with van der Waals surface area (Å²) in [7, 11) is -2.22. The first kappa shape index (κ1) is 19.0. The molecule has 1 aliphatic heterocycles. The molecule has 4 N–H and O–H groups in total. The van der Waals surface area contributed by atoms with Crippen molar-refractivity contribution in [3.8, 4) is 5.75 Å². The quantitative estimate of drug-likeness (QED) is 0.658. The van der Waals surface area contributed by atoms with Crippen LogP contribution in [0.4, 0.5) is 5.69 Å². The summed E-state index contributed by atoms with van der Waals surface area (Å²) in [4.78, 5) is 26.2. The summed E-state index contributed by atoms with van der Waals surface area (Å²) in [5, 5.41) is 6.84. The lowest BCUT2D eigenvalue weighted by atomic mass is 10.2. The molecule has 1 heterocycles. The largest absolute Gasteiger partial charge is 0.497 e. The van der Waals surface area contributed by atoms with Crippen LogP contribution in [0, 0.1) is 0 Å². The van der Waals surface area contributed by atoms with Gasteiger partial charge in [-0.05, 0) is 24.3 Å². The van der Waals surface area contributed by atoms with Crippen LogP contribution in [0.15, 0.2) is 53.4 Å². The van der Waals surface area contributed by atoms with E-state index in [1.54, 1.807) is 41.7 Å². The standard InChI is InChI=1S/C18H19N3O5S/c1-26-14-4-2-3-13(9-14)21-17(22)10-16(18(21)23)20-11-12-5-7-15(8-6-12)27(19,24)25/h2-9,16,20H,10-11H2,1H3,(H2,19,24,25)/p+1/t16-/m0/s1. The zero-order valence-corrected chi connectivity index (χ0v) is 15.5. The van der Waals surface area contributed by atoms with Gasteiger partial charge in [0.05, 0.1) is 24.1 Å². The highest BCUT2D eigenvalue weighted by Crippen LogP contribution is 2.25. The Morgan fingerprint density at radius 3 is 2.52 bits per heavy atom. The number of nitrogens with zero attached hydrogens (tertiary/aromatic N) is 1. The number of sulfonamides is 1. The maximum Gasteiger partial charge on any atom is 0.292 e. The second-order valence-corrected chi connectivity index (χ2v) is 7.77. The molecule has 2 amide bonds. The highest BCUT2D eigenvalue weighted by Gasteiger charge is 2.42. The van der Waals surface area contributed by atoms with E-state index in [0.717, 1.165) is 5.56 Å². The molecule has 0 aromatic heterocycles. The van der Waals surface area contributed by atoms with E-state index in [0.29, 0.717) is 18.0 Å². The first-order valence-electron chi connectivity index (χ1n) is 8.25. The van der Waals surface area contributed by atoms with Crippen LogP contribution in [0.25, 0.3) is 0 Å². The summed E-state index contributed by atoms with van der Waals surface area (Å²) in [5.41, 5.74) is 1.31. The summed E-state index contributed by atoms with van der Waals surface area (Å²) < 4.78 is 27.7. The molecule has 2 aromatic carbocycles. The molecule has 3 rings (SSSR count). The number of rotatable bonds is 6. The molecule has 0 saturated carbocycles. The maximum absolute atomic E-state index is 12.7. The summed E-state index contributed by atoms with van der Waals surface area (Å²) in [6.45, 7) is 0.431. The molecule has 8 nitrogen and oxygen atoms in total. The number of carbonyl (C=O) groups is 2. The van der Waals surface area contributed by atoms with Crippen molar-refractivity contribution in [1.82, 2.24) is 0 Å². The normalized spacial score (nSPS) is 17.4. The number of imide groups is 1. The van der Waals surface area contributed by atoms with Crippen molar-refractivity contribution in [3.63, 3.8) is 0 Å². The first-order valence-corrected chi connectivity index (χ1v) is 9.80. The summed E-state index contributed by atoms with van der Waals surface area (Å²) in [5.74, 6) is 0.0176. The number of primary sulfonamides is 1. The second kappa shape index (κ2) is 7.47. The Kier molecular flexibility index (Phi) is 5.26. The number of quaternary nitrogens is 1. The van der Waals surface area contributed by atoms with Gasteiger partial charge in [-0.2, -0.15) is 0 Å². The number of benzene rings is 2. The molecule has 1 atom stereocenters. The molecule has 1 saturated heterocycles. The molecule has 0 radical (unpaired) electrons. The molecule has 0 aliphatic carbocycles. The first-order chi connectivity index (χ1) is 12.8. The van der Waals surface area contributed by atoms with Gasteiger partial charge in [-0.25, -0.2) is 18.5 Å². The van der Waals surface area contributed by atoms with Crippen molar-refractivity contribution in [1.29, 1.82) is 0 Å². The van der Waals surface area contributed by atoms with Gasteiger partial charge >= 0.3 is 0 Å². The van der Waals surface area contributed by atoms with Crippen LogP contribution in [0.1, 0.15) is 12.0 Å². The third-order valence-electron chi connectivity index (χ3n) is 4.38. The average molecular weight is 390 g/mol. The second-order valence-electron chi connectivity index (χ2n) is 6.21. The molecule has 9 heteroatoms. The van der Waals surface area contributed by atoms with Gasteiger partial charge in [0.2, 0.25) is 15.9 Å². The van der Waals surface area contributed by atoms with E-state index in [9.17, 15) is 18.0 Å². The van der Waals surface area contributed by atoms with Gasteiger partial charge < -0.3 is 10.1 Å². The van der Waals surface area contributed by atoms with Gasteiger partial charge in [0.1, 0.15) is 12.3 Å². The van der Waals surface area contributed by atoms with Gasteiger partial charge in [0, 0.05) is 11.6 Å². The Labute approximate surface area is 157 Å². The molecule has 27 heavy (non-hydrogen) atoms. The lowest BCUT2D eigenvalue weighted by Gasteiger charge is -2.15. The molecule has 1 aliphatic rings. The summed E-state index contributed by atoms with van der Waals surface area (Å²) in [6.07, 6.45) is 0.102. The van der Waals surface area contributed by atoms with Gasteiger partial charge in [-0.1, -0.05) is 18.2 Å². The SMILES string of the molecule is COc1cccc(N2C(=O)C[C@H]([NH2+]Cc3ccc(S(N)(=O)=O)cc3)C2=O)c1. The van der Waals surface area contributed by atoms with Crippen molar-refractivity contribution in [2.45, 2.75) is 23.9 Å². The van der Waals surface area contributed by atoms with Crippen LogP contribution < -0.4 is 20.1 Å². The van der Waals surface area contributed by atoms with Crippen molar-refractivity contribution < 1.29 is 28.1 Å². The van der Waals surface area contributed by atoms with Crippen molar-refractivity contribution >= 4 is 27.5 Å². The lowest BCUT2D eigenvalue weighted by Crippen LogP contribution is -2.90. The Morgan fingerprint density at radius 1 is 1.19 bits per heavy atom. The number of amides is 2. The molecule has 0 bridgehead atoms. The van der Waals surface area contributed by atoms with Crippen molar-refractivity contribution in [2.75, 3.05) is 12.0 Å². The Bertz CT molecular complexity index is 973. The van der Waals surface area contributed by atoms with Crippen LogP contribution >= 0.6 is 0 Å². The van der Waals surface area contributed by atoms with Gasteiger partial charge in [0.15, 0.2) is 6.04 Å². The Morgan fingerprint density at radius 2 is 1.89 bits per heavy atom. The predicted octanol–water partition coefficient (Wildman–Crippen LogP) is -0.262. The summed E-state index contributed by atoms with van der Waals surface area (Å²) >= 11 is 0. The molecule has 1 fully saturated rings. The van der Waals surface area contributed by atoms with E-state index in [2.05, 4.69) is 0 Å². The third-order valence-corrected chi connectivity index (χ3v) is 5.31. The molecular weight excluding hydrogens is 370 g/mol. The molecule has 0 unspecified atom stereocenters. The minimum atomic E-state index is -3.74. The smallest absolute Gasteiger partial charge is 0.292 e.